The Morgan fingerprint density at radius 3 is 2.53 bits per heavy atom. The number of pyridine rings is 1. The molecule has 1 aliphatic carbocycles. The van der Waals surface area contributed by atoms with Gasteiger partial charge < -0.3 is 5.32 Å². The Bertz CT molecular complexity index is 289. The summed E-state index contributed by atoms with van der Waals surface area (Å²) in [6.07, 6.45) is 12.8. The lowest BCUT2D eigenvalue weighted by atomic mass is 9.97. The van der Waals surface area contributed by atoms with Gasteiger partial charge in [0.05, 0.1) is 0 Å². The molecule has 0 saturated heterocycles. The van der Waals surface area contributed by atoms with Crippen molar-refractivity contribution in [1.82, 2.24) is 10.3 Å². The van der Waals surface area contributed by atoms with Crippen LogP contribution < -0.4 is 5.32 Å². The summed E-state index contributed by atoms with van der Waals surface area (Å²) in [6, 6.07) is 6.91. The minimum atomic E-state index is 0.749. The maximum Gasteiger partial charge on any atom is 0.0416 e. The molecule has 94 valence electrons. The molecule has 1 aliphatic rings. The van der Waals surface area contributed by atoms with Gasteiger partial charge in [-0.05, 0) is 25.0 Å². The summed E-state index contributed by atoms with van der Waals surface area (Å²) >= 11 is 0. The van der Waals surface area contributed by atoms with Crippen molar-refractivity contribution >= 4 is 0 Å². The fourth-order valence-corrected chi connectivity index (χ4v) is 2.61. The Hall–Kier alpha value is -0.890. The Morgan fingerprint density at radius 2 is 1.82 bits per heavy atom. The molecule has 1 aromatic rings. The Morgan fingerprint density at radius 1 is 1.06 bits per heavy atom. The molecule has 1 aromatic heterocycles. The standard InChI is InChI=1S/C15H24N2/c1-2-4-8-14(9-5-3-1)17-13-11-15-10-6-7-12-16-15/h6-7,10,12,14,17H,1-5,8-9,11,13H2. The summed E-state index contributed by atoms with van der Waals surface area (Å²) in [6.45, 7) is 1.07. The van der Waals surface area contributed by atoms with Crippen LogP contribution in [-0.2, 0) is 6.42 Å². The number of nitrogens with zero attached hydrogens (tertiary/aromatic N) is 1. The van der Waals surface area contributed by atoms with Gasteiger partial charge in [0.1, 0.15) is 0 Å². The number of hydrogen-bond donors (Lipinski definition) is 1. The highest BCUT2D eigenvalue weighted by molar-refractivity contribution is 5.03. The molecule has 17 heavy (non-hydrogen) atoms. The van der Waals surface area contributed by atoms with E-state index in [1.54, 1.807) is 0 Å². The van der Waals surface area contributed by atoms with E-state index in [2.05, 4.69) is 22.4 Å². The second kappa shape index (κ2) is 7.44. The maximum atomic E-state index is 4.35. The first-order chi connectivity index (χ1) is 8.45. The molecule has 0 aliphatic heterocycles. The van der Waals surface area contributed by atoms with Crippen LogP contribution in [-0.4, -0.2) is 17.6 Å². The topological polar surface area (TPSA) is 24.9 Å². The molecule has 2 heteroatoms. The molecule has 1 heterocycles. The van der Waals surface area contributed by atoms with E-state index in [0.717, 1.165) is 19.0 Å². The SMILES string of the molecule is c1ccc(CCNC2CCCCCCC2)nc1. The van der Waals surface area contributed by atoms with Crippen LogP contribution in [0.1, 0.15) is 50.6 Å². The van der Waals surface area contributed by atoms with Crippen molar-refractivity contribution in [1.29, 1.82) is 0 Å². The molecule has 2 nitrogen and oxygen atoms in total. The van der Waals surface area contributed by atoms with Gasteiger partial charge in [0.2, 0.25) is 0 Å². The number of rotatable bonds is 4. The first-order valence-corrected chi connectivity index (χ1v) is 7.08. The van der Waals surface area contributed by atoms with Gasteiger partial charge in [-0.1, -0.05) is 38.2 Å². The first-order valence-electron chi connectivity index (χ1n) is 7.08. The van der Waals surface area contributed by atoms with E-state index < -0.39 is 0 Å². The van der Waals surface area contributed by atoms with Crippen LogP contribution >= 0.6 is 0 Å². The zero-order chi connectivity index (χ0) is 11.8. The van der Waals surface area contributed by atoms with Crippen molar-refractivity contribution in [2.75, 3.05) is 6.54 Å². The maximum absolute atomic E-state index is 4.35. The first kappa shape index (κ1) is 12.6. The number of nitrogens with one attached hydrogen (secondary N) is 1. The van der Waals surface area contributed by atoms with E-state index >= 15 is 0 Å². The van der Waals surface area contributed by atoms with Gasteiger partial charge in [-0.25, -0.2) is 0 Å². The van der Waals surface area contributed by atoms with Crippen molar-refractivity contribution in [3.05, 3.63) is 30.1 Å². The van der Waals surface area contributed by atoms with Crippen LogP contribution in [0.3, 0.4) is 0 Å². The van der Waals surface area contributed by atoms with E-state index in [-0.39, 0.29) is 0 Å². The molecule has 0 aromatic carbocycles. The molecule has 0 radical (unpaired) electrons. The average Bonchev–Trinajstić information content (AvgIpc) is 2.33. The molecule has 0 spiro atoms. The molecule has 0 bridgehead atoms. The molecular formula is C15H24N2. The lowest BCUT2D eigenvalue weighted by Gasteiger charge is -2.20. The normalized spacial score (nSPS) is 18.6. The van der Waals surface area contributed by atoms with Gasteiger partial charge >= 0.3 is 0 Å². The molecule has 1 N–H and O–H groups in total. The Kier molecular flexibility index (Phi) is 5.50. The monoisotopic (exact) mass is 232 g/mol. The summed E-state index contributed by atoms with van der Waals surface area (Å²) in [7, 11) is 0. The Labute approximate surface area is 105 Å². The van der Waals surface area contributed by atoms with Crippen LogP contribution in [0, 0.1) is 0 Å². The fraction of sp³-hybridized carbons (Fsp3) is 0.667. The summed E-state index contributed by atoms with van der Waals surface area (Å²) < 4.78 is 0. The van der Waals surface area contributed by atoms with E-state index in [9.17, 15) is 0 Å². The predicted octanol–water partition coefficient (Wildman–Crippen LogP) is 3.33. The average molecular weight is 232 g/mol. The van der Waals surface area contributed by atoms with Crippen molar-refractivity contribution in [2.45, 2.75) is 57.4 Å². The van der Waals surface area contributed by atoms with E-state index in [4.69, 9.17) is 0 Å². The van der Waals surface area contributed by atoms with Crippen molar-refractivity contribution in [2.24, 2.45) is 0 Å². The second-order valence-corrected chi connectivity index (χ2v) is 5.07. The highest BCUT2D eigenvalue weighted by Crippen LogP contribution is 2.16. The smallest absolute Gasteiger partial charge is 0.0416 e. The van der Waals surface area contributed by atoms with Crippen LogP contribution in [0.15, 0.2) is 24.4 Å². The van der Waals surface area contributed by atoms with Crippen LogP contribution in [0.25, 0.3) is 0 Å². The third-order valence-corrected chi connectivity index (χ3v) is 3.65. The van der Waals surface area contributed by atoms with E-state index in [0.29, 0.717) is 0 Å². The van der Waals surface area contributed by atoms with E-state index in [1.165, 1.54) is 50.6 Å². The van der Waals surface area contributed by atoms with Gasteiger partial charge in [-0.3, -0.25) is 4.98 Å². The zero-order valence-corrected chi connectivity index (χ0v) is 10.7. The van der Waals surface area contributed by atoms with Crippen LogP contribution in [0.4, 0.5) is 0 Å². The van der Waals surface area contributed by atoms with Crippen LogP contribution in [0.5, 0.6) is 0 Å². The van der Waals surface area contributed by atoms with E-state index in [1.807, 2.05) is 12.3 Å². The summed E-state index contributed by atoms with van der Waals surface area (Å²) in [5.74, 6) is 0. The summed E-state index contributed by atoms with van der Waals surface area (Å²) in [5, 5.41) is 3.70. The second-order valence-electron chi connectivity index (χ2n) is 5.07. The summed E-state index contributed by atoms with van der Waals surface area (Å²) in [4.78, 5) is 4.35. The molecule has 1 fully saturated rings. The number of aromatic nitrogens is 1. The highest BCUT2D eigenvalue weighted by atomic mass is 14.9. The quantitative estimate of drug-likeness (QED) is 0.861. The molecule has 2 rings (SSSR count). The Balaban J connectivity index is 1.66. The molecule has 0 unspecified atom stereocenters. The minimum Gasteiger partial charge on any atom is -0.314 e. The fourth-order valence-electron chi connectivity index (χ4n) is 2.61. The third-order valence-electron chi connectivity index (χ3n) is 3.65. The lowest BCUT2D eigenvalue weighted by Crippen LogP contribution is -2.31. The van der Waals surface area contributed by atoms with Gasteiger partial charge in [0.25, 0.3) is 0 Å². The molecule has 0 amide bonds. The third kappa shape index (κ3) is 4.86. The van der Waals surface area contributed by atoms with Gasteiger partial charge in [-0.2, -0.15) is 0 Å². The van der Waals surface area contributed by atoms with Crippen LogP contribution in [0.2, 0.25) is 0 Å². The lowest BCUT2D eigenvalue weighted by molar-refractivity contribution is 0.391. The minimum absolute atomic E-state index is 0.749. The summed E-state index contributed by atoms with van der Waals surface area (Å²) in [5.41, 5.74) is 1.20. The highest BCUT2D eigenvalue weighted by Gasteiger charge is 2.10. The van der Waals surface area contributed by atoms with Crippen molar-refractivity contribution < 1.29 is 0 Å². The van der Waals surface area contributed by atoms with Gasteiger partial charge in [0.15, 0.2) is 0 Å². The van der Waals surface area contributed by atoms with Crippen molar-refractivity contribution in [3.8, 4) is 0 Å². The van der Waals surface area contributed by atoms with Gasteiger partial charge in [0, 0.05) is 30.9 Å². The molecular weight excluding hydrogens is 208 g/mol. The largest absolute Gasteiger partial charge is 0.314 e. The zero-order valence-electron chi connectivity index (χ0n) is 10.7. The molecule has 1 saturated carbocycles. The van der Waals surface area contributed by atoms with Gasteiger partial charge in [-0.15, -0.1) is 0 Å². The van der Waals surface area contributed by atoms with Crippen molar-refractivity contribution in [3.63, 3.8) is 0 Å². The predicted molar refractivity (Wildman–Crippen MR) is 72.1 cm³/mol. The molecule has 0 atom stereocenters. The number of hydrogen-bond acceptors (Lipinski definition) is 2.